The lowest BCUT2D eigenvalue weighted by atomic mass is 10.1. The molecule has 0 fully saturated rings. The van der Waals surface area contributed by atoms with Crippen molar-refractivity contribution in [2.75, 3.05) is 5.32 Å². The highest BCUT2D eigenvalue weighted by atomic mass is 79.9. The lowest BCUT2D eigenvalue weighted by molar-refractivity contribution is 0.624. The van der Waals surface area contributed by atoms with Gasteiger partial charge in [-0.2, -0.15) is 5.10 Å². The minimum atomic E-state index is -0.218. The summed E-state index contributed by atoms with van der Waals surface area (Å²) in [5, 5.41) is 8.49. The minimum Gasteiger partial charge on any atom is -0.367 e. The molecule has 1 atom stereocenters. The Labute approximate surface area is 135 Å². The standard InChI is InChI=1S/C15H15BrFN5/c1-9(6-10-4-3-5-11(17)7-10)20-14-12-13(16)21-22(2)15(12)19-8-18-14/h3-5,7-9H,6H2,1-2H3,(H,18,19,20). The third-order valence-electron chi connectivity index (χ3n) is 3.39. The monoisotopic (exact) mass is 363 g/mol. The molecular formula is C15H15BrFN5. The Morgan fingerprint density at radius 3 is 2.95 bits per heavy atom. The average Bonchev–Trinajstić information content (AvgIpc) is 2.75. The Bertz CT molecular complexity index is 817. The number of hydrogen-bond donors (Lipinski definition) is 1. The summed E-state index contributed by atoms with van der Waals surface area (Å²) in [5.41, 5.74) is 1.69. The van der Waals surface area contributed by atoms with Crippen LogP contribution in [0.15, 0.2) is 35.2 Å². The van der Waals surface area contributed by atoms with Crippen LogP contribution in [0, 0.1) is 5.82 Å². The molecule has 0 aliphatic heterocycles. The minimum absolute atomic E-state index is 0.0898. The smallest absolute Gasteiger partial charge is 0.164 e. The van der Waals surface area contributed by atoms with Gasteiger partial charge in [0.2, 0.25) is 0 Å². The van der Waals surface area contributed by atoms with Crippen molar-refractivity contribution >= 4 is 32.8 Å². The van der Waals surface area contributed by atoms with Gasteiger partial charge in [0.15, 0.2) is 5.65 Å². The van der Waals surface area contributed by atoms with Crippen LogP contribution in [0.2, 0.25) is 0 Å². The van der Waals surface area contributed by atoms with Crippen LogP contribution in [0.4, 0.5) is 10.2 Å². The number of aryl methyl sites for hydroxylation is 1. The molecule has 22 heavy (non-hydrogen) atoms. The number of aromatic nitrogens is 4. The molecule has 1 N–H and O–H groups in total. The van der Waals surface area contributed by atoms with Crippen molar-refractivity contribution in [2.24, 2.45) is 7.05 Å². The van der Waals surface area contributed by atoms with Crippen LogP contribution >= 0.6 is 15.9 Å². The van der Waals surface area contributed by atoms with Crippen LogP contribution in [0.3, 0.4) is 0 Å². The maximum atomic E-state index is 13.3. The van der Waals surface area contributed by atoms with Crippen LogP contribution in [0.25, 0.3) is 11.0 Å². The summed E-state index contributed by atoms with van der Waals surface area (Å²) in [6.07, 6.45) is 2.20. The summed E-state index contributed by atoms with van der Waals surface area (Å²) in [7, 11) is 1.83. The number of nitrogens with zero attached hydrogens (tertiary/aromatic N) is 4. The Morgan fingerprint density at radius 2 is 2.18 bits per heavy atom. The first kappa shape index (κ1) is 14.9. The van der Waals surface area contributed by atoms with E-state index in [-0.39, 0.29) is 11.9 Å². The lowest BCUT2D eigenvalue weighted by Crippen LogP contribution is -2.19. The first-order valence-electron chi connectivity index (χ1n) is 6.89. The van der Waals surface area contributed by atoms with Gasteiger partial charge in [-0.3, -0.25) is 0 Å². The van der Waals surface area contributed by atoms with Crippen molar-refractivity contribution in [3.63, 3.8) is 0 Å². The Hall–Kier alpha value is -2.02. The molecular weight excluding hydrogens is 349 g/mol. The average molecular weight is 364 g/mol. The van der Waals surface area contributed by atoms with Gasteiger partial charge >= 0.3 is 0 Å². The molecule has 1 aromatic carbocycles. The highest BCUT2D eigenvalue weighted by Crippen LogP contribution is 2.27. The van der Waals surface area contributed by atoms with Crippen LogP contribution < -0.4 is 5.32 Å². The third-order valence-corrected chi connectivity index (χ3v) is 3.95. The van der Waals surface area contributed by atoms with Gasteiger partial charge in [0.05, 0.1) is 5.39 Å². The van der Waals surface area contributed by atoms with E-state index in [4.69, 9.17) is 0 Å². The van der Waals surface area contributed by atoms with Crippen LogP contribution in [0.5, 0.6) is 0 Å². The van der Waals surface area contributed by atoms with Gasteiger partial charge in [0.1, 0.15) is 22.6 Å². The predicted molar refractivity (Wildman–Crippen MR) is 87.2 cm³/mol. The van der Waals surface area contributed by atoms with Crippen molar-refractivity contribution in [3.8, 4) is 0 Å². The van der Waals surface area contributed by atoms with E-state index in [1.54, 1.807) is 16.8 Å². The molecule has 0 aliphatic carbocycles. The van der Waals surface area contributed by atoms with Gasteiger partial charge in [-0.15, -0.1) is 0 Å². The highest BCUT2D eigenvalue weighted by molar-refractivity contribution is 9.10. The van der Waals surface area contributed by atoms with E-state index < -0.39 is 0 Å². The second kappa shape index (κ2) is 6.00. The van der Waals surface area contributed by atoms with Gasteiger partial charge < -0.3 is 5.32 Å². The fraction of sp³-hybridized carbons (Fsp3) is 0.267. The molecule has 7 heteroatoms. The molecule has 114 valence electrons. The van der Waals surface area contributed by atoms with Crippen molar-refractivity contribution in [1.29, 1.82) is 0 Å². The molecule has 0 saturated heterocycles. The summed E-state index contributed by atoms with van der Waals surface area (Å²) in [6.45, 7) is 2.03. The number of anilines is 1. The van der Waals surface area contributed by atoms with E-state index in [0.717, 1.165) is 16.6 Å². The van der Waals surface area contributed by atoms with E-state index >= 15 is 0 Å². The molecule has 5 nitrogen and oxygen atoms in total. The largest absolute Gasteiger partial charge is 0.367 e. The second-order valence-electron chi connectivity index (χ2n) is 5.21. The van der Waals surface area contributed by atoms with Crippen LogP contribution in [-0.2, 0) is 13.5 Å². The van der Waals surface area contributed by atoms with E-state index in [9.17, 15) is 4.39 Å². The number of hydrogen-bond acceptors (Lipinski definition) is 4. The molecule has 3 aromatic rings. The predicted octanol–water partition coefficient (Wildman–Crippen LogP) is 3.31. The molecule has 0 spiro atoms. The third kappa shape index (κ3) is 2.94. The number of fused-ring (bicyclic) bond motifs is 1. The van der Waals surface area contributed by atoms with Crippen molar-refractivity contribution in [1.82, 2.24) is 19.7 Å². The van der Waals surface area contributed by atoms with Crippen molar-refractivity contribution < 1.29 is 4.39 Å². The molecule has 0 amide bonds. The Morgan fingerprint density at radius 1 is 1.36 bits per heavy atom. The fourth-order valence-electron chi connectivity index (χ4n) is 2.45. The molecule has 0 radical (unpaired) electrons. The van der Waals surface area contributed by atoms with E-state index in [1.165, 1.54) is 12.4 Å². The summed E-state index contributed by atoms with van der Waals surface area (Å²) < 4.78 is 15.6. The van der Waals surface area contributed by atoms with E-state index in [1.807, 2.05) is 20.0 Å². The molecule has 0 saturated carbocycles. The Kier molecular flexibility index (Phi) is 4.06. The van der Waals surface area contributed by atoms with Crippen molar-refractivity contribution in [2.45, 2.75) is 19.4 Å². The summed E-state index contributed by atoms with van der Waals surface area (Å²) >= 11 is 3.43. The lowest BCUT2D eigenvalue weighted by Gasteiger charge is -2.15. The first-order chi connectivity index (χ1) is 10.5. The summed E-state index contributed by atoms with van der Waals surface area (Å²) in [5.74, 6) is 0.498. The zero-order chi connectivity index (χ0) is 15.7. The number of benzene rings is 1. The number of rotatable bonds is 4. The molecule has 0 bridgehead atoms. The normalized spacial score (nSPS) is 12.5. The topological polar surface area (TPSA) is 55.6 Å². The van der Waals surface area contributed by atoms with Gasteiger partial charge in [-0.25, -0.2) is 19.0 Å². The molecule has 1 unspecified atom stereocenters. The van der Waals surface area contributed by atoms with Gasteiger partial charge in [-0.1, -0.05) is 12.1 Å². The number of nitrogens with one attached hydrogen (secondary N) is 1. The van der Waals surface area contributed by atoms with E-state index in [2.05, 4.69) is 36.3 Å². The highest BCUT2D eigenvalue weighted by Gasteiger charge is 2.15. The quantitative estimate of drug-likeness (QED) is 0.772. The molecule has 3 rings (SSSR count). The molecule has 2 heterocycles. The van der Waals surface area contributed by atoms with Crippen LogP contribution in [0.1, 0.15) is 12.5 Å². The van der Waals surface area contributed by atoms with Crippen LogP contribution in [-0.4, -0.2) is 25.8 Å². The SMILES string of the molecule is CC(Cc1cccc(F)c1)Nc1ncnc2c1c(Br)nn2C. The van der Waals surface area contributed by atoms with Gasteiger partial charge in [-0.05, 0) is 47.0 Å². The second-order valence-corrected chi connectivity index (χ2v) is 5.97. The van der Waals surface area contributed by atoms with Gasteiger partial charge in [0, 0.05) is 13.1 Å². The number of halogens is 2. The molecule has 0 aliphatic rings. The first-order valence-corrected chi connectivity index (χ1v) is 7.68. The maximum Gasteiger partial charge on any atom is 0.164 e. The summed E-state index contributed by atoms with van der Waals surface area (Å²) in [4.78, 5) is 8.54. The van der Waals surface area contributed by atoms with Crippen molar-refractivity contribution in [3.05, 3.63) is 46.6 Å². The fourth-order valence-corrected chi connectivity index (χ4v) is 3.06. The zero-order valence-electron chi connectivity index (χ0n) is 12.2. The van der Waals surface area contributed by atoms with Gasteiger partial charge in [0.25, 0.3) is 0 Å². The maximum absolute atomic E-state index is 13.3. The Balaban J connectivity index is 1.84. The molecule has 2 aromatic heterocycles. The zero-order valence-corrected chi connectivity index (χ0v) is 13.8. The van der Waals surface area contributed by atoms with E-state index in [0.29, 0.717) is 16.8 Å². The summed E-state index contributed by atoms with van der Waals surface area (Å²) in [6, 6.07) is 6.72.